The molecule has 1 atom stereocenters. The molecule has 1 aliphatic rings. The van der Waals surface area contributed by atoms with Crippen molar-refractivity contribution in [2.45, 2.75) is 63.5 Å². The molecule has 114 valence electrons. The first-order valence-electron chi connectivity index (χ1n) is 8.11. The Morgan fingerprint density at radius 3 is 2.60 bits per heavy atom. The van der Waals surface area contributed by atoms with Gasteiger partial charge in [0.25, 0.3) is 0 Å². The van der Waals surface area contributed by atoms with Crippen molar-refractivity contribution in [3.8, 4) is 0 Å². The fraction of sp³-hybridized carbons (Fsp3) is 0.765. The molecular formula is C17H30N2S. The Kier molecular flexibility index (Phi) is 6.06. The van der Waals surface area contributed by atoms with Gasteiger partial charge in [-0.1, -0.05) is 26.2 Å². The second-order valence-electron chi connectivity index (χ2n) is 6.34. The molecule has 0 aromatic carbocycles. The van der Waals surface area contributed by atoms with Crippen LogP contribution in [0.3, 0.4) is 0 Å². The van der Waals surface area contributed by atoms with E-state index in [4.69, 9.17) is 0 Å². The lowest BCUT2D eigenvalue weighted by molar-refractivity contribution is 0.0542. The van der Waals surface area contributed by atoms with Gasteiger partial charge in [0.05, 0.1) is 0 Å². The number of rotatable bonds is 7. The maximum atomic E-state index is 3.80. The summed E-state index contributed by atoms with van der Waals surface area (Å²) in [5.74, 6) is 0. The van der Waals surface area contributed by atoms with Crippen molar-refractivity contribution in [3.63, 3.8) is 0 Å². The predicted octanol–water partition coefficient (Wildman–Crippen LogP) is 3.92. The number of hydrogen-bond donors (Lipinski definition) is 1. The number of thiophene rings is 1. The van der Waals surface area contributed by atoms with E-state index in [0.717, 1.165) is 6.54 Å². The van der Waals surface area contributed by atoms with Crippen LogP contribution in [0.1, 0.15) is 51.0 Å². The van der Waals surface area contributed by atoms with Crippen LogP contribution in [0.5, 0.6) is 0 Å². The molecule has 1 heterocycles. The lowest BCUT2D eigenvalue weighted by Crippen LogP contribution is -2.60. The minimum atomic E-state index is 0.365. The van der Waals surface area contributed by atoms with Crippen LogP contribution in [-0.4, -0.2) is 37.1 Å². The van der Waals surface area contributed by atoms with Crippen molar-refractivity contribution >= 4 is 11.3 Å². The molecule has 1 aromatic rings. The zero-order chi connectivity index (χ0) is 14.4. The van der Waals surface area contributed by atoms with Crippen molar-refractivity contribution in [1.29, 1.82) is 0 Å². The molecule has 1 unspecified atom stereocenters. The summed E-state index contributed by atoms with van der Waals surface area (Å²) >= 11 is 1.81. The van der Waals surface area contributed by atoms with E-state index < -0.39 is 0 Å². The molecular weight excluding hydrogens is 264 g/mol. The van der Waals surface area contributed by atoms with Crippen LogP contribution in [0, 0.1) is 0 Å². The van der Waals surface area contributed by atoms with Gasteiger partial charge >= 0.3 is 0 Å². The Morgan fingerprint density at radius 1 is 1.30 bits per heavy atom. The average molecular weight is 295 g/mol. The van der Waals surface area contributed by atoms with Crippen LogP contribution in [0.25, 0.3) is 0 Å². The van der Waals surface area contributed by atoms with Crippen LogP contribution in [-0.2, 0) is 6.42 Å². The summed E-state index contributed by atoms with van der Waals surface area (Å²) in [6.45, 7) is 3.31. The van der Waals surface area contributed by atoms with E-state index in [0.29, 0.717) is 11.6 Å². The molecule has 0 bridgehead atoms. The lowest BCUT2D eigenvalue weighted by Gasteiger charge is -2.49. The molecule has 1 N–H and O–H groups in total. The third kappa shape index (κ3) is 3.63. The highest BCUT2D eigenvalue weighted by atomic mass is 32.1. The summed E-state index contributed by atoms with van der Waals surface area (Å²) in [5, 5.41) is 8.29. The minimum Gasteiger partial charge on any atom is -0.312 e. The van der Waals surface area contributed by atoms with Crippen LogP contribution in [0.4, 0.5) is 0 Å². The smallest absolute Gasteiger partial charge is 0.0356 e. The van der Waals surface area contributed by atoms with E-state index in [-0.39, 0.29) is 0 Å². The quantitative estimate of drug-likeness (QED) is 0.820. The largest absolute Gasteiger partial charge is 0.312 e. The summed E-state index contributed by atoms with van der Waals surface area (Å²) < 4.78 is 0. The molecule has 0 radical (unpaired) electrons. The van der Waals surface area contributed by atoms with Crippen molar-refractivity contribution in [2.24, 2.45) is 0 Å². The van der Waals surface area contributed by atoms with Crippen molar-refractivity contribution < 1.29 is 0 Å². The van der Waals surface area contributed by atoms with E-state index in [9.17, 15) is 0 Å². The molecule has 1 aliphatic carbocycles. The van der Waals surface area contributed by atoms with Gasteiger partial charge < -0.3 is 10.2 Å². The fourth-order valence-electron chi connectivity index (χ4n) is 3.82. The van der Waals surface area contributed by atoms with Gasteiger partial charge in [-0.2, -0.15) is 11.3 Å². The van der Waals surface area contributed by atoms with E-state index >= 15 is 0 Å². The van der Waals surface area contributed by atoms with Crippen molar-refractivity contribution in [2.75, 3.05) is 20.6 Å². The molecule has 20 heavy (non-hydrogen) atoms. The standard InChI is InChI=1S/C17H30N2S/c1-4-18-16(9-8-15-10-13-20-14-15)17(19(2)3)11-6-5-7-12-17/h10,13-14,16,18H,4-9,11-12H2,1-3H3. The van der Waals surface area contributed by atoms with E-state index in [2.05, 4.69) is 48.1 Å². The summed E-state index contributed by atoms with van der Waals surface area (Å²) in [6.07, 6.45) is 9.35. The van der Waals surface area contributed by atoms with Crippen LogP contribution < -0.4 is 5.32 Å². The monoisotopic (exact) mass is 294 g/mol. The maximum Gasteiger partial charge on any atom is 0.0356 e. The average Bonchev–Trinajstić information content (AvgIpc) is 2.97. The van der Waals surface area contributed by atoms with Crippen LogP contribution in [0.15, 0.2) is 16.8 Å². The molecule has 0 spiro atoms. The number of nitrogens with one attached hydrogen (secondary N) is 1. The third-order valence-corrected chi connectivity index (χ3v) is 5.74. The summed E-state index contributed by atoms with van der Waals surface area (Å²) in [6, 6.07) is 2.89. The van der Waals surface area contributed by atoms with Crippen molar-refractivity contribution in [3.05, 3.63) is 22.4 Å². The summed E-state index contributed by atoms with van der Waals surface area (Å²) in [4.78, 5) is 2.51. The molecule has 1 saturated carbocycles. The van der Waals surface area contributed by atoms with Crippen LogP contribution >= 0.6 is 11.3 Å². The molecule has 1 fully saturated rings. The second kappa shape index (κ2) is 7.58. The number of hydrogen-bond acceptors (Lipinski definition) is 3. The van der Waals surface area contributed by atoms with E-state index in [1.807, 2.05) is 11.3 Å². The normalized spacial score (nSPS) is 20.2. The highest BCUT2D eigenvalue weighted by Crippen LogP contribution is 2.36. The Bertz CT molecular complexity index is 366. The molecule has 0 saturated heterocycles. The zero-order valence-corrected chi connectivity index (χ0v) is 14.1. The van der Waals surface area contributed by atoms with E-state index in [1.165, 1.54) is 50.5 Å². The molecule has 3 heteroatoms. The maximum absolute atomic E-state index is 3.80. The Labute approximate surface area is 128 Å². The highest BCUT2D eigenvalue weighted by Gasteiger charge is 2.40. The first-order chi connectivity index (χ1) is 9.69. The van der Waals surface area contributed by atoms with Gasteiger partial charge in [-0.05, 0) is 68.7 Å². The summed E-state index contributed by atoms with van der Waals surface area (Å²) in [7, 11) is 4.56. The number of aryl methyl sites for hydroxylation is 1. The molecule has 0 amide bonds. The Balaban J connectivity index is 2.07. The van der Waals surface area contributed by atoms with Crippen LogP contribution in [0.2, 0.25) is 0 Å². The zero-order valence-electron chi connectivity index (χ0n) is 13.3. The van der Waals surface area contributed by atoms with Gasteiger partial charge in [0.2, 0.25) is 0 Å². The Hall–Kier alpha value is -0.380. The predicted molar refractivity (Wildman–Crippen MR) is 89.6 cm³/mol. The first kappa shape index (κ1) is 16.0. The van der Waals surface area contributed by atoms with Gasteiger partial charge in [-0.3, -0.25) is 0 Å². The van der Waals surface area contributed by atoms with Gasteiger partial charge in [0, 0.05) is 11.6 Å². The Morgan fingerprint density at radius 2 is 2.05 bits per heavy atom. The molecule has 1 aromatic heterocycles. The van der Waals surface area contributed by atoms with Gasteiger partial charge in [-0.25, -0.2) is 0 Å². The number of likely N-dealkylation sites (N-methyl/N-ethyl adjacent to an activating group) is 2. The number of nitrogens with zero attached hydrogens (tertiary/aromatic N) is 1. The second-order valence-corrected chi connectivity index (χ2v) is 7.12. The fourth-order valence-corrected chi connectivity index (χ4v) is 4.53. The first-order valence-corrected chi connectivity index (χ1v) is 9.05. The lowest BCUT2D eigenvalue weighted by atomic mass is 9.73. The SMILES string of the molecule is CCNC(CCc1ccsc1)C1(N(C)C)CCCCC1. The van der Waals surface area contributed by atoms with Crippen molar-refractivity contribution in [1.82, 2.24) is 10.2 Å². The molecule has 2 rings (SSSR count). The summed E-state index contributed by atoms with van der Waals surface area (Å²) in [5.41, 5.74) is 1.87. The molecule has 0 aliphatic heterocycles. The van der Waals surface area contributed by atoms with Gasteiger partial charge in [-0.15, -0.1) is 0 Å². The van der Waals surface area contributed by atoms with Gasteiger partial charge in [0.1, 0.15) is 0 Å². The minimum absolute atomic E-state index is 0.365. The topological polar surface area (TPSA) is 15.3 Å². The highest BCUT2D eigenvalue weighted by molar-refractivity contribution is 7.07. The third-order valence-electron chi connectivity index (χ3n) is 5.01. The van der Waals surface area contributed by atoms with Gasteiger partial charge in [0.15, 0.2) is 0 Å². The van der Waals surface area contributed by atoms with E-state index in [1.54, 1.807) is 0 Å². The molecule has 2 nitrogen and oxygen atoms in total.